The lowest BCUT2D eigenvalue weighted by Gasteiger charge is -2.48. The maximum Gasteiger partial charge on any atom is 0.298 e. The van der Waals surface area contributed by atoms with E-state index >= 15 is 0 Å². The van der Waals surface area contributed by atoms with Gasteiger partial charge in [-0.05, 0) is 68.8 Å². The average molecular weight is 545 g/mol. The van der Waals surface area contributed by atoms with Gasteiger partial charge in [0.05, 0.1) is 37.6 Å². The van der Waals surface area contributed by atoms with Gasteiger partial charge in [0.25, 0.3) is 5.91 Å². The number of aryl methyl sites for hydroxylation is 1. The van der Waals surface area contributed by atoms with E-state index in [0.29, 0.717) is 38.4 Å². The number of ether oxygens (including phenoxy) is 3. The molecule has 0 saturated carbocycles. The summed E-state index contributed by atoms with van der Waals surface area (Å²) < 4.78 is 17.9. The Morgan fingerprint density at radius 2 is 1.98 bits per heavy atom. The van der Waals surface area contributed by atoms with E-state index in [2.05, 4.69) is 56.0 Å². The number of carbonyl (C=O) groups is 1. The van der Waals surface area contributed by atoms with Crippen LogP contribution in [-0.4, -0.2) is 96.4 Å². The molecule has 0 aliphatic carbocycles. The van der Waals surface area contributed by atoms with Crippen molar-refractivity contribution in [2.24, 2.45) is 0 Å². The number of amides is 1. The number of benzene rings is 1. The number of hydrogen-bond donors (Lipinski definition) is 1. The molecule has 0 atom stereocenters. The summed E-state index contributed by atoms with van der Waals surface area (Å²) in [6.07, 6.45) is 3.84. The zero-order valence-electron chi connectivity index (χ0n) is 23.2. The molecule has 5 aliphatic heterocycles. The summed E-state index contributed by atoms with van der Waals surface area (Å²) in [7, 11) is 0. The van der Waals surface area contributed by atoms with Crippen molar-refractivity contribution in [3.8, 4) is 17.6 Å². The van der Waals surface area contributed by atoms with Gasteiger partial charge < -0.3 is 29.3 Å². The van der Waals surface area contributed by atoms with Crippen molar-refractivity contribution in [3.05, 3.63) is 35.2 Å². The zero-order valence-corrected chi connectivity index (χ0v) is 23.2. The Morgan fingerprint density at radius 1 is 1.15 bits per heavy atom. The van der Waals surface area contributed by atoms with Crippen molar-refractivity contribution < 1.29 is 19.0 Å². The first kappa shape index (κ1) is 25.6. The van der Waals surface area contributed by atoms with Gasteiger partial charge in [0.2, 0.25) is 0 Å². The number of morpholine rings is 1. The summed E-state index contributed by atoms with van der Waals surface area (Å²) in [5.41, 5.74) is 4.19. The van der Waals surface area contributed by atoms with Gasteiger partial charge in [-0.15, -0.1) is 0 Å². The second-order valence-corrected chi connectivity index (χ2v) is 11.6. The molecule has 5 aliphatic rings. The topological polar surface area (TPSA) is 92.3 Å². The van der Waals surface area contributed by atoms with Gasteiger partial charge in [-0.3, -0.25) is 9.69 Å². The predicted octanol–water partition coefficient (Wildman–Crippen LogP) is 2.44. The maximum absolute atomic E-state index is 12.0. The summed E-state index contributed by atoms with van der Waals surface area (Å²) in [6.45, 7) is 11.4. The van der Waals surface area contributed by atoms with Crippen LogP contribution in [0.2, 0.25) is 0 Å². The average Bonchev–Trinajstić information content (AvgIpc) is 3.11. The highest BCUT2D eigenvalue weighted by Gasteiger charge is 2.44. The summed E-state index contributed by atoms with van der Waals surface area (Å²) in [4.78, 5) is 28.0. The van der Waals surface area contributed by atoms with Crippen LogP contribution in [0, 0.1) is 18.8 Å². The van der Waals surface area contributed by atoms with E-state index in [1.807, 2.05) is 4.90 Å². The second kappa shape index (κ2) is 10.2. The number of piperidine rings is 1. The molecule has 1 amide bonds. The molecule has 1 spiro atoms. The molecule has 10 nitrogen and oxygen atoms in total. The zero-order chi connectivity index (χ0) is 27.3. The van der Waals surface area contributed by atoms with E-state index in [0.717, 1.165) is 86.3 Å². The van der Waals surface area contributed by atoms with Crippen LogP contribution in [0.25, 0.3) is 0 Å². The highest BCUT2D eigenvalue weighted by Crippen LogP contribution is 2.42. The SMILES string of the molecule is CC#CC(=O)N1CC(N2CCC(c3cc(C)c4c(c3)Nc3ncnc(N5CCOC6(COC6)C5)c3CO4)CC2)C1. The lowest BCUT2D eigenvalue weighted by Crippen LogP contribution is -2.63. The number of carbonyl (C=O) groups excluding carboxylic acids is 1. The fourth-order valence-corrected chi connectivity index (χ4v) is 6.68. The normalized spacial score (nSPS) is 22.4. The number of fused-ring (bicyclic) bond motifs is 2. The lowest BCUT2D eigenvalue weighted by atomic mass is 9.87. The van der Waals surface area contributed by atoms with Gasteiger partial charge in [-0.1, -0.05) is 12.0 Å². The van der Waals surface area contributed by atoms with Crippen LogP contribution >= 0.6 is 0 Å². The molecule has 1 N–H and O–H groups in total. The van der Waals surface area contributed by atoms with Crippen LogP contribution in [0.15, 0.2) is 18.5 Å². The van der Waals surface area contributed by atoms with Gasteiger partial charge in [-0.25, -0.2) is 9.97 Å². The van der Waals surface area contributed by atoms with E-state index in [1.165, 1.54) is 5.56 Å². The Labute approximate surface area is 235 Å². The largest absolute Gasteiger partial charge is 0.486 e. The minimum absolute atomic E-state index is 0.0513. The summed E-state index contributed by atoms with van der Waals surface area (Å²) >= 11 is 0. The predicted molar refractivity (Wildman–Crippen MR) is 150 cm³/mol. The number of rotatable bonds is 3. The Hall–Kier alpha value is -3.39. The molecule has 210 valence electrons. The van der Waals surface area contributed by atoms with Gasteiger partial charge in [0, 0.05) is 25.7 Å². The number of likely N-dealkylation sites (tertiary alicyclic amines) is 2. The van der Waals surface area contributed by atoms with Crippen LogP contribution in [0.4, 0.5) is 17.3 Å². The Morgan fingerprint density at radius 3 is 2.73 bits per heavy atom. The first-order chi connectivity index (χ1) is 19.5. The number of anilines is 3. The van der Waals surface area contributed by atoms with Crippen LogP contribution in [0.1, 0.15) is 42.4 Å². The fraction of sp³-hybridized carbons (Fsp3) is 0.567. The molecule has 6 heterocycles. The summed E-state index contributed by atoms with van der Waals surface area (Å²) in [6, 6.07) is 5.00. The van der Waals surface area contributed by atoms with Crippen molar-refractivity contribution in [1.82, 2.24) is 19.8 Å². The Balaban J connectivity index is 1.05. The standard InChI is InChI=1S/C30H36N6O4/c1-3-4-26(37)36-13-23(14-36)34-7-5-21(6-8-34)22-11-20(2)27-25(12-22)33-28-24(15-39-27)29(32-19-31-28)35-9-10-40-30(16-35)17-38-18-30/h11-12,19,21,23H,5-10,13-18H2,1-2H3,(H,31,32,33). The lowest BCUT2D eigenvalue weighted by molar-refractivity contribution is -0.211. The molecule has 1 aromatic heterocycles. The molecule has 40 heavy (non-hydrogen) atoms. The number of aromatic nitrogens is 2. The van der Waals surface area contributed by atoms with Gasteiger partial charge in [0.15, 0.2) is 0 Å². The van der Waals surface area contributed by atoms with Crippen LogP contribution in [-0.2, 0) is 20.9 Å². The molecular weight excluding hydrogens is 508 g/mol. The van der Waals surface area contributed by atoms with Gasteiger partial charge >= 0.3 is 0 Å². The summed E-state index contributed by atoms with van der Waals surface area (Å²) in [5, 5.41) is 3.60. The molecule has 4 saturated heterocycles. The van der Waals surface area contributed by atoms with Crippen LogP contribution < -0.4 is 15.0 Å². The van der Waals surface area contributed by atoms with E-state index in [4.69, 9.17) is 14.2 Å². The molecule has 2 aromatic rings. The van der Waals surface area contributed by atoms with Crippen LogP contribution in [0.5, 0.6) is 5.75 Å². The van der Waals surface area contributed by atoms with Crippen LogP contribution in [0.3, 0.4) is 0 Å². The summed E-state index contributed by atoms with van der Waals surface area (Å²) in [5.74, 6) is 8.39. The van der Waals surface area contributed by atoms with Crippen molar-refractivity contribution in [1.29, 1.82) is 0 Å². The smallest absolute Gasteiger partial charge is 0.298 e. The molecule has 7 rings (SSSR count). The molecule has 0 radical (unpaired) electrons. The fourth-order valence-electron chi connectivity index (χ4n) is 6.68. The van der Waals surface area contributed by atoms with E-state index in [9.17, 15) is 4.79 Å². The third kappa shape index (κ3) is 4.56. The Kier molecular flexibility index (Phi) is 6.53. The first-order valence-electron chi connectivity index (χ1n) is 14.3. The third-order valence-corrected chi connectivity index (χ3v) is 9.01. The molecule has 1 aromatic carbocycles. The Bertz CT molecular complexity index is 1370. The van der Waals surface area contributed by atoms with E-state index in [-0.39, 0.29) is 11.5 Å². The monoisotopic (exact) mass is 544 g/mol. The van der Waals surface area contributed by atoms with E-state index < -0.39 is 0 Å². The van der Waals surface area contributed by atoms with Gasteiger partial charge in [-0.2, -0.15) is 0 Å². The molecule has 0 bridgehead atoms. The molecule has 4 fully saturated rings. The number of hydrogen-bond acceptors (Lipinski definition) is 9. The molecular formula is C30H36N6O4. The quantitative estimate of drug-likeness (QED) is 0.585. The minimum Gasteiger partial charge on any atom is -0.486 e. The number of nitrogens with zero attached hydrogens (tertiary/aromatic N) is 5. The first-order valence-corrected chi connectivity index (χ1v) is 14.3. The van der Waals surface area contributed by atoms with Gasteiger partial charge in [0.1, 0.15) is 35.9 Å². The van der Waals surface area contributed by atoms with Crippen molar-refractivity contribution in [2.45, 2.75) is 50.9 Å². The second-order valence-electron chi connectivity index (χ2n) is 11.6. The minimum atomic E-state index is -0.224. The third-order valence-electron chi connectivity index (χ3n) is 9.01. The highest BCUT2D eigenvalue weighted by atomic mass is 16.6. The van der Waals surface area contributed by atoms with E-state index in [1.54, 1.807) is 13.3 Å². The maximum atomic E-state index is 12.0. The van der Waals surface area contributed by atoms with Crippen molar-refractivity contribution in [2.75, 3.05) is 69.3 Å². The molecule has 10 heteroatoms. The highest BCUT2D eigenvalue weighted by molar-refractivity contribution is 5.94. The van der Waals surface area contributed by atoms with Crippen molar-refractivity contribution in [3.63, 3.8) is 0 Å². The molecule has 0 unspecified atom stereocenters. The van der Waals surface area contributed by atoms with Crippen molar-refractivity contribution >= 4 is 23.2 Å². The number of nitrogens with one attached hydrogen (secondary N) is 1.